The van der Waals surface area contributed by atoms with Gasteiger partial charge in [0.25, 0.3) is 5.91 Å². The number of carbonyl (C=O) groups is 1. The van der Waals surface area contributed by atoms with Gasteiger partial charge in [-0.05, 0) is 37.6 Å². The van der Waals surface area contributed by atoms with E-state index in [1.54, 1.807) is 24.3 Å². The molecule has 1 N–H and O–H groups in total. The lowest BCUT2D eigenvalue weighted by atomic mass is 9.90. The van der Waals surface area contributed by atoms with Gasteiger partial charge >= 0.3 is 0 Å². The van der Waals surface area contributed by atoms with Gasteiger partial charge in [-0.2, -0.15) is 0 Å². The van der Waals surface area contributed by atoms with Gasteiger partial charge < -0.3 is 14.8 Å². The molecule has 2 aromatic rings. The van der Waals surface area contributed by atoms with Crippen molar-refractivity contribution in [2.24, 2.45) is 0 Å². The number of sulfonamides is 1. The average Bonchev–Trinajstić information content (AvgIpc) is 2.66. The van der Waals surface area contributed by atoms with E-state index < -0.39 is 10.0 Å². The predicted octanol–water partition coefficient (Wildman–Crippen LogP) is 2.88. The molecular weight excluding hydrogens is 404 g/mol. The van der Waals surface area contributed by atoms with E-state index >= 15 is 0 Å². The van der Waals surface area contributed by atoms with Crippen LogP contribution in [0.5, 0.6) is 11.5 Å². The first-order chi connectivity index (χ1) is 14.0. The average molecular weight is 433 g/mol. The fraction of sp³-hybridized carbons (Fsp3) is 0.409. The summed E-state index contributed by atoms with van der Waals surface area (Å²) < 4.78 is 35.9. The van der Waals surface area contributed by atoms with E-state index in [0.29, 0.717) is 12.2 Å². The van der Waals surface area contributed by atoms with E-state index in [1.807, 2.05) is 38.1 Å². The highest BCUT2D eigenvalue weighted by molar-refractivity contribution is 7.88. The molecule has 2 aromatic carbocycles. The molecule has 1 amide bonds. The van der Waals surface area contributed by atoms with E-state index in [4.69, 9.17) is 9.47 Å². The zero-order chi connectivity index (χ0) is 21.9. The molecule has 162 valence electrons. The van der Waals surface area contributed by atoms with Crippen LogP contribution in [0.4, 0.5) is 0 Å². The molecule has 1 heterocycles. The number of hydrogen-bond donors (Lipinski definition) is 1. The highest BCUT2D eigenvalue weighted by atomic mass is 32.2. The van der Waals surface area contributed by atoms with E-state index in [0.717, 1.165) is 16.9 Å². The van der Waals surface area contributed by atoms with Crippen LogP contribution in [0.1, 0.15) is 37.4 Å². The van der Waals surface area contributed by atoms with Crippen LogP contribution in [0.2, 0.25) is 0 Å². The largest absolute Gasteiger partial charge is 0.487 e. The van der Waals surface area contributed by atoms with Gasteiger partial charge in [-0.15, -0.1) is 0 Å². The molecule has 1 unspecified atom stereocenters. The molecule has 8 heteroatoms. The molecule has 0 bridgehead atoms. The summed E-state index contributed by atoms with van der Waals surface area (Å²) in [4.78, 5) is 12.5. The van der Waals surface area contributed by atoms with Crippen LogP contribution in [0.3, 0.4) is 0 Å². The van der Waals surface area contributed by atoms with Crippen molar-refractivity contribution in [1.29, 1.82) is 0 Å². The zero-order valence-electron chi connectivity index (χ0n) is 17.7. The van der Waals surface area contributed by atoms with Gasteiger partial charge in [0.05, 0.1) is 12.3 Å². The van der Waals surface area contributed by atoms with Crippen LogP contribution in [0.25, 0.3) is 0 Å². The monoisotopic (exact) mass is 432 g/mol. The Morgan fingerprint density at radius 3 is 2.53 bits per heavy atom. The molecule has 1 atom stereocenters. The molecule has 0 spiro atoms. The summed E-state index contributed by atoms with van der Waals surface area (Å²) in [6.45, 7) is 4.17. The first kappa shape index (κ1) is 22.1. The Bertz CT molecular complexity index is 1000. The zero-order valence-corrected chi connectivity index (χ0v) is 18.5. The minimum atomic E-state index is -3.24. The van der Waals surface area contributed by atoms with Crippen LogP contribution in [0, 0.1) is 0 Å². The minimum Gasteiger partial charge on any atom is -0.487 e. The molecule has 0 saturated heterocycles. The highest BCUT2D eigenvalue weighted by Gasteiger charge is 2.34. The molecule has 7 nitrogen and oxygen atoms in total. The van der Waals surface area contributed by atoms with Gasteiger partial charge in [-0.25, -0.2) is 12.7 Å². The van der Waals surface area contributed by atoms with Crippen molar-refractivity contribution in [3.05, 3.63) is 59.7 Å². The Balaban J connectivity index is 1.56. The highest BCUT2D eigenvalue weighted by Crippen LogP contribution is 2.39. The number of rotatable bonds is 7. The van der Waals surface area contributed by atoms with Gasteiger partial charge in [0.15, 0.2) is 6.61 Å². The number of carbonyl (C=O) groups excluding carboxylic acids is 1. The van der Waals surface area contributed by atoms with Gasteiger partial charge in [0.2, 0.25) is 10.0 Å². The SMILES string of the molecule is CN(Cc1ccc(OCC(=O)NC2CC(C)(C)Oc3ccccc32)cc1)S(C)(=O)=O. The minimum absolute atomic E-state index is 0.109. The van der Waals surface area contributed by atoms with E-state index in [1.165, 1.54) is 17.6 Å². The van der Waals surface area contributed by atoms with Crippen molar-refractivity contribution in [1.82, 2.24) is 9.62 Å². The van der Waals surface area contributed by atoms with Crippen LogP contribution in [-0.4, -0.2) is 44.1 Å². The fourth-order valence-corrected chi connectivity index (χ4v) is 3.76. The standard InChI is InChI=1S/C22H28N2O5S/c1-22(2)13-19(18-7-5-6-8-20(18)29-22)23-21(25)15-28-17-11-9-16(10-12-17)14-24(3)30(4,26)27/h5-12,19H,13-15H2,1-4H3,(H,23,25). The molecule has 0 saturated carbocycles. The molecule has 30 heavy (non-hydrogen) atoms. The van der Waals surface area contributed by atoms with Crippen LogP contribution in [-0.2, 0) is 21.4 Å². The molecule has 0 radical (unpaired) electrons. The van der Waals surface area contributed by atoms with E-state index in [9.17, 15) is 13.2 Å². The summed E-state index contributed by atoms with van der Waals surface area (Å²) in [6, 6.07) is 14.6. The summed E-state index contributed by atoms with van der Waals surface area (Å²) in [5.41, 5.74) is 1.42. The Morgan fingerprint density at radius 1 is 1.20 bits per heavy atom. The van der Waals surface area contributed by atoms with Crippen molar-refractivity contribution >= 4 is 15.9 Å². The Hall–Kier alpha value is -2.58. The number of para-hydroxylation sites is 1. The summed E-state index contributed by atoms with van der Waals surface area (Å²) in [5, 5.41) is 3.04. The lowest BCUT2D eigenvalue weighted by Crippen LogP contribution is -2.42. The number of benzene rings is 2. The molecule has 1 aliphatic heterocycles. The molecule has 1 aliphatic rings. The number of hydrogen-bond acceptors (Lipinski definition) is 5. The number of ether oxygens (including phenoxy) is 2. The van der Waals surface area contributed by atoms with Crippen molar-refractivity contribution in [2.75, 3.05) is 19.9 Å². The van der Waals surface area contributed by atoms with Crippen LogP contribution >= 0.6 is 0 Å². The maximum atomic E-state index is 12.5. The maximum Gasteiger partial charge on any atom is 0.258 e. The lowest BCUT2D eigenvalue weighted by molar-refractivity contribution is -0.124. The summed E-state index contributed by atoms with van der Waals surface area (Å²) in [6.07, 6.45) is 1.83. The third-order valence-electron chi connectivity index (χ3n) is 4.98. The third kappa shape index (κ3) is 5.73. The first-order valence-corrected chi connectivity index (χ1v) is 11.6. The van der Waals surface area contributed by atoms with Gasteiger partial charge in [0.1, 0.15) is 17.1 Å². The van der Waals surface area contributed by atoms with E-state index in [-0.39, 0.29) is 30.7 Å². The normalized spacial score (nSPS) is 17.7. The third-order valence-corrected chi connectivity index (χ3v) is 6.24. The maximum absolute atomic E-state index is 12.5. The van der Waals surface area contributed by atoms with Crippen LogP contribution in [0.15, 0.2) is 48.5 Å². The summed E-state index contributed by atoms with van der Waals surface area (Å²) >= 11 is 0. The van der Waals surface area contributed by atoms with E-state index in [2.05, 4.69) is 5.32 Å². The van der Waals surface area contributed by atoms with Crippen molar-refractivity contribution in [3.63, 3.8) is 0 Å². The molecule has 0 fully saturated rings. The van der Waals surface area contributed by atoms with Gasteiger partial charge in [-0.1, -0.05) is 30.3 Å². The summed E-state index contributed by atoms with van der Waals surface area (Å²) in [5.74, 6) is 1.12. The first-order valence-electron chi connectivity index (χ1n) is 9.74. The second-order valence-corrected chi connectivity index (χ2v) is 10.3. The van der Waals surface area contributed by atoms with Crippen molar-refractivity contribution < 1.29 is 22.7 Å². The Labute approximate surface area is 178 Å². The Kier molecular flexibility index (Phi) is 6.38. The molecule has 0 aromatic heterocycles. The number of nitrogens with zero attached hydrogens (tertiary/aromatic N) is 1. The summed E-state index contributed by atoms with van der Waals surface area (Å²) in [7, 11) is -1.71. The number of amides is 1. The van der Waals surface area contributed by atoms with Crippen LogP contribution < -0.4 is 14.8 Å². The molecule has 0 aliphatic carbocycles. The second kappa shape index (κ2) is 8.65. The number of fused-ring (bicyclic) bond motifs is 1. The predicted molar refractivity (Wildman–Crippen MR) is 115 cm³/mol. The number of nitrogens with one attached hydrogen (secondary N) is 1. The smallest absolute Gasteiger partial charge is 0.258 e. The Morgan fingerprint density at radius 2 is 1.87 bits per heavy atom. The quantitative estimate of drug-likeness (QED) is 0.727. The van der Waals surface area contributed by atoms with Crippen molar-refractivity contribution in [3.8, 4) is 11.5 Å². The topological polar surface area (TPSA) is 84.9 Å². The lowest BCUT2D eigenvalue weighted by Gasteiger charge is -2.37. The van der Waals surface area contributed by atoms with Crippen molar-refractivity contribution in [2.45, 2.75) is 38.5 Å². The van der Waals surface area contributed by atoms with Gasteiger partial charge in [-0.3, -0.25) is 4.79 Å². The molecular formula is C22H28N2O5S. The fourth-order valence-electron chi connectivity index (χ4n) is 3.38. The molecule has 3 rings (SSSR count). The van der Waals surface area contributed by atoms with Gasteiger partial charge in [0, 0.05) is 25.6 Å². The second-order valence-electron chi connectivity index (χ2n) is 8.18.